The minimum Gasteiger partial charge on any atom is -0.497 e. The molecule has 37 heavy (non-hydrogen) atoms. The number of rotatable bonds is 8. The summed E-state index contributed by atoms with van der Waals surface area (Å²) in [5.74, 6) is 0.115. The summed E-state index contributed by atoms with van der Waals surface area (Å²) in [6, 6.07) is 21.9. The highest BCUT2D eigenvalue weighted by Crippen LogP contribution is 2.24. The van der Waals surface area contributed by atoms with Gasteiger partial charge in [-0.1, -0.05) is 12.1 Å². The molecular weight excluding hydrogens is 468 g/mol. The van der Waals surface area contributed by atoms with E-state index in [1.807, 2.05) is 56.3 Å². The van der Waals surface area contributed by atoms with Crippen LogP contribution in [0.25, 0.3) is 11.8 Å². The van der Waals surface area contributed by atoms with Gasteiger partial charge >= 0.3 is 0 Å². The smallest absolute Gasteiger partial charge is 0.291 e. The van der Waals surface area contributed by atoms with Crippen molar-refractivity contribution in [2.24, 2.45) is 0 Å². The maximum atomic E-state index is 12.8. The number of nitriles is 1. The van der Waals surface area contributed by atoms with E-state index < -0.39 is 5.91 Å². The molecule has 2 aromatic carbocycles. The van der Waals surface area contributed by atoms with Gasteiger partial charge < -0.3 is 24.4 Å². The van der Waals surface area contributed by atoms with Crippen molar-refractivity contribution in [2.75, 3.05) is 12.4 Å². The van der Waals surface area contributed by atoms with Crippen molar-refractivity contribution in [1.29, 1.82) is 5.26 Å². The largest absolute Gasteiger partial charge is 0.497 e. The van der Waals surface area contributed by atoms with Crippen LogP contribution < -0.4 is 15.4 Å². The first kappa shape index (κ1) is 25.1. The molecule has 0 unspecified atom stereocenters. The van der Waals surface area contributed by atoms with Crippen molar-refractivity contribution < 1.29 is 18.7 Å². The lowest BCUT2D eigenvalue weighted by Gasteiger charge is -2.10. The van der Waals surface area contributed by atoms with E-state index in [4.69, 9.17) is 9.15 Å². The predicted molar refractivity (Wildman–Crippen MR) is 140 cm³/mol. The summed E-state index contributed by atoms with van der Waals surface area (Å²) in [7, 11) is 1.62. The number of nitrogens with zero attached hydrogens (tertiary/aromatic N) is 2. The molecule has 8 nitrogen and oxygen atoms in total. The van der Waals surface area contributed by atoms with Gasteiger partial charge in [0.2, 0.25) is 0 Å². The highest BCUT2D eigenvalue weighted by Gasteiger charge is 2.14. The number of carbonyl (C=O) groups excluding carboxylic acids is 2. The zero-order chi connectivity index (χ0) is 26.4. The van der Waals surface area contributed by atoms with Gasteiger partial charge in [0.25, 0.3) is 11.8 Å². The van der Waals surface area contributed by atoms with Crippen molar-refractivity contribution in [3.63, 3.8) is 0 Å². The molecule has 0 radical (unpaired) electrons. The van der Waals surface area contributed by atoms with Gasteiger partial charge in [0.1, 0.15) is 17.4 Å². The summed E-state index contributed by atoms with van der Waals surface area (Å²) in [4.78, 5) is 25.0. The van der Waals surface area contributed by atoms with E-state index in [9.17, 15) is 14.9 Å². The predicted octanol–water partition coefficient (Wildman–Crippen LogP) is 5.17. The molecule has 0 spiro atoms. The van der Waals surface area contributed by atoms with Crippen LogP contribution >= 0.6 is 0 Å². The Hall–Kier alpha value is -5.03. The van der Waals surface area contributed by atoms with Gasteiger partial charge in [-0.2, -0.15) is 5.26 Å². The molecule has 0 fully saturated rings. The van der Waals surface area contributed by atoms with E-state index >= 15 is 0 Å². The Labute approximate surface area is 214 Å². The maximum absolute atomic E-state index is 12.8. The zero-order valence-electron chi connectivity index (χ0n) is 20.7. The van der Waals surface area contributed by atoms with E-state index in [2.05, 4.69) is 15.2 Å². The van der Waals surface area contributed by atoms with E-state index in [0.29, 0.717) is 5.69 Å². The lowest BCUT2D eigenvalue weighted by molar-refractivity contribution is -0.117. The van der Waals surface area contributed by atoms with Gasteiger partial charge in [0.05, 0.1) is 13.4 Å². The standard InChI is InChI=1S/C29H26N4O4/c1-19-14-22(20(2)33(19)25-9-11-26(36-3)12-10-25)16-23(17-30)28(34)31-18-21-6-4-7-24(15-21)32-29(35)27-8-5-13-37-27/h4-16H,18H2,1-3H3,(H,31,34)(H,32,35)/b23-16+. The SMILES string of the molecule is COc1ccc(-n2c(C)cc(/C=C(\C#N)C(=O)NCc3cccc(NC(=O)c4ccco4)c3)c2C)cc1. The zero-order valence-corrected chi connectivity index (χ0v) is 20.7. The van der Waals surface area contributed by atoms with Crippen LogP contribution in [0.1, 0.15) is 33.1 Å². The second kappa shape index (κ2) is 11.1. The Bertz CT molecular complexity index is 1490. The van der Waals surface area contributed by atoms with Gasteiger partial charge in [-0.15, -0.1) is 0 Å². The van der Waals surface area contributed by atoms with Gasteiger partial charge in [-0.25, -0.2) is 0 Å². The Morgan fingerprint density at radius 3 is 2.54 bits per heavy atom. The van der Waals surface area contributed by atoms with Gasteiger partial charge in [-0.05, 0) is 85.6 Å². The molecule has 4 rings (SSSR count). The fourth-order valence-corrected chi connectivity index (χ4v) is 4.00. The molecule has 0 atom stereocenters. The number of methoxy groups -OCH3 is 1. The molecular formula is C29H26N4O4. The monoisotopic (exact) mass is 494 g/mol. The molecule has 2 N–H and O–H groups in total. The van der Waals surface area contributed by atoms with Crippen molar-refractivity contribution >= 4 is 23.6 Å². The molecule has 0 aliphatic carbocycles. The summed E-state index contributed by atoms with van der Waals surface area (Å²) < 4.78 is 12.4. The molecule has 2 amide bonds. The summed E-state index contributed by atoms with van der Waals surface area (Å²) in [5.41, 5.74) is 4.94. The molecule has 4 aromatic rings. The van der Waals surface area contributed by atoms with Gasteiger partial charge in [0.15, 0.2) is 5.76 Å². The van der Waals surface area contributed by atoms with Crippen LogP contribution in [0, 0.1) is 25.2 Å². The summed E-state index contributed by atoms with van der Waals surface area (Å²) in [5, 5.41) is 15.2. The fraction of sp³-hybridized carbons (Fsp3) is 0.138. The third-order valence-corrected chi connectivity index (χ3v) is 5.85. The summed E-state index contributed by atoms with van der Waals surface area (Å²) >= 11 is 0. The second-order valence-electron chi connectivity index (χ2n) is 8.34. The average molecular weight is 495 g/mol. The van der Waals surface area contributed by atoms with E-state index in [0.717, 1.165) is 34.0 Å². The number of hydrogen-bond donors (Lipinski definition) is 2. The van der Waals surface area contributed by atoms with Crippen LogP contribution in [-0.2, 0) is 11.3 Å². The Morgan fingerprint density at radius 1 is 1.08 bits per heavy atom. The number of hydrogen-bond acceptors (Lipinski definition) is 5. The number of aryl methyl sites for hydroxylation is 1. The topological polar surface area (TPSA) is 109 Å². The average Bonchev–Trinajstić information content (AvgIpc) is 3.54. The first-order chi connectivity index (χ1) is 17.9. The molecule has 8 heteroatoms. The number of ether oxygens (including phenoxy) is 1. The normalized spacial score (nSPS) is 11.0. The van der Waals surface area contributed by atoms with Gasteiger partial charge in [-0.3, -0.25) is 9.59 Å². The number of anilines is 1. The molecule has 0 saturated carbocycles. The van der Waals surface area contributed by atoms with E-state index in [-0.39, 0.29) is 23.8 Å². The third-order valence-electron chi connectivity index (χ3n) is 5.85. The fourth-order valence-electron chi connectivity index (χ4n) is 4.00. The molecule has 2 heterocycles. The highest BCUT2D eigenvalue weighted by atomic mass is 16.5. The number of carbonyl (C=O) groups is 2. The van der Waals surface area contributed by atoms with Crippen LogP contribution in [0.2, 0.25) is 0 Å². The maximum Gasteiger partial charge on any atom is 0.291 e. The first-order valence-electron chi connectivity index (χ1n) is 11.6. The Kier molecular flexibility index (Phi) is 7.55. The molecule has 0 saturated heterocycles. The van der Waals surface area contributed by atoms with Crippen LogP contribution in [0.3, 0.4) is 0 Å². The molecule has 0 bridgehead atoms. The van der Waals surface area contributed by atoms with Crippen molar-refractivity contribution in [3.8, 4) is 17.5 Å². The lowest BCUT2D eigenvalue weighted by Crippen LogP contribution is -2.24. The first-order valence-corrected chi connectivity index (χ1v) is 11.6. The minimum absolute atomic E-state index is 0.00254. The molecule has 0 aliphatic rings. The molecule has 0 aliphatic heterocycles. The number of amides is 2. The van der Waals surface area contributed by atoms with Crippen molar-refractivity contribution in [2.45, 2.75) is 20.4 Å². The van der Waals surface area contributed by atoms with Gasteiger partial charge in [0, 0.05) is 29.3 Å². The third kappa shape index (κ3) is 5.80. The Morgan fingerprint density at radius 2 is 1.86 bits per heavy atom. The molecule has 186 valence electrons. The van der Waals surface area contributed by atoms with Crippen LogP contribution in [-0.4, -0.2) is 23.5 Å². The van der Waals surface area contributed by atoms with Crippen LogP contribution in [0.15, 0.2) is 83.0 Å². The lowest BCUT2D eigenvalue weighted by atomic mass is 10.1. The summed E-state index contributed by atoms with van der Waals surface area (Å²) in [6.45, 7) is 4.10. The quantitative estimate of drug-likeness (QED) is 0.259. The number of furan rings is 1. The van der Waals surface area contributed by atoms with E-state index in [1.165, 1.54) is 6.26 Å². The highest BCUT2D eigenvalue weighted by molar-refractivity contribution is 6.02. The molecule has 2 aromatic heterocycles. The number of aromatic nitrogens is 1. The summed E-state index contributed by atoms with van der Waals surface area (Å²) in [6.07, 6.45) is 3.02. The van der Waals surface area contributed by atoms with Crippen molar-refractivity contribution in [1.82, 2.24) is 9.88 Å². The van der Waals surface area contributed by atoms with Crippen LogP contribution in [0.5, 0.6) is 5.75 Å². The minimum atomic E-state index is -0.484. The Balaban J connectivity index is 1.46. The second-order valence-corrected chi connectivity index (χ2v) is 8.34. The van der Waals surface area contributed by atoms with Crippen molar-refractivity contribution in [3.05, 3.63) is 107 Å². The van der Waals surface area contributed by atoms with Crippen LogP contribution in [0.4, 0.5) is 5.69 Å². The number of benzene rings is 2. The number of nitrogens with one attached hydrogen (secondary N) is 2. The van der Waals surface area contributed by atoms with E-state index in [1.54, 1.807) is 43.5 Å².